The van der Waals surface area contributed by atoms with Crippen LogP contribution in [-0.4, -0.2) is 13.0 Å². The van der Waals surface area contributed by atoms with Crippen LogP contribution >= 0.6 is 0 Å². The number of methoxy groups -OCH3 is 1. The predicted octanol–water partition coefficient (Wildman–Crippen LogP) is 3.86. The highest BCUT2D eigenvalue weighted by molar-refractivity contribution is 6.10. The first-order chi connectivity index (χ1) is 11.1. The number of hydrogen-bond acceptors (Lipinski definition) is 3. The van der Waals surface area contributed by atoms with Crippen molar-refractivity contribution in [3.05, 3.63) is 64.7 Å². The van der Waals surface area contributed by atoms with Gasteiger partial charge in [0.05, 0.1) is 7.11 Å². The zero-order valence-corrected chi connectivity index (χ0v) is 13.4. The lowest BCUT2D eigenvalue weighted by Crippen LogP contribution is -2.15. The van der Waals surface area contributed by atoms with Crippen LogP contribution in [-0.2, 0) is 4.79 Å². The summed E-state index contributed by atoms with van der Waals surface area (Å²) >= 11 is 0. The summed E-state index contributed by atoms with van der Waals surface area (Å²) in [5.41, 5.74) is 3.35. The van der Waals surface area contributed by atoms with Crippen molar-refractivity contribution >= 4 is 17.7 Å². The molecule has 2 aromatic rings. The number of carbonyl (C=O) groups is 1. The summed E-state index contributed by atoms with van der Waals surface area (Å²) in [5.74, 6) is 0.177. The lowest BCUT2D eigenvalue weighted by atomic mass is 10.1. The number of amides is 1. The number of rotatable bonds is 4. The Morgan fingerprint density at radius 1 is 1.13 bits per heavy atom. The average Bonchev–Trinajstić information content (AvgIpc) is 2.56. The molecule has 2 aromatic carbocycles. The first-order valence-electron chi connectivity index (χ1n) is 7.19. The summed E-state index contributed by atoms with van der Waals surface area (Å²) in [5, 5.41) is 12.1. The molecular formula is C19H18N2O2. The molecule has 0 aliphatic rings. The molecule has 1 N–H and O–H groups in total. The minimum absolute atomic E-state index is 0.0251. The van der Waals surface area contributed by atoms with Crippen molar-refractivity contribution in [2.75, 3.05) is 12.4 Å². The number of hydrogen-bond donors (Lipinski definition) is 1. The first-order valence-corrected chi connectivity index (χ1v) is 7.19. The molecule has 4 nitrogen and oxygen atoms in total. The normalized spacial score (nSPS) is 10.8. The summed E-state index contributed by atoms with van der Waals surface area (Å²) < 4.78 is 5.24. The summed E-state index contributed by atoms with van der Waals surface area (Å²) in [6.45, 7) is 3.83. The molecule has 0 heterocycles. The monoisotopic (exact) mass is 306 g/mol. The van der Waals surface area contributed by atoms with Gasteiger partial charge in [-0.25, -0.2) is 0 Å². The van der Waals surface area contributed by atoms with E-state index in [1.54, 1.807) is 19.2 Å². The molecule has 0 radical (unpaired) electrons. The molecule has 0 unspecified atom stereocenters. The Hall–Kier alpha value is -3.06. The van der Waals surface area contributed by atoms with Crippen LogP contribution in [0, 0.1) is 25.2 Å². The molecule has 23 heavy (non-hydrogen) atoms. The maximum absolute atomic E-state index is 12.4. The van der Waals surface area contributed by atoms with Crippen molar-refractivity contribution < 1.29 is 9.53 Å². The summed E-state index contributed by atoms with van der Waals surface area (Å²) in [4.78, 5) is 12.4. The third-order valence-electron chi connectivity index (χ3n) is 3.52. The SMILES string of the molecule is COc1ccccc1/C=C(\C#N)C(=O)Nc1c(C)cccc1C. The number of carbonyl (C=O) groups excluding carboxylic acids is 1. The number of para-hydroxylation sites is 2. The number of benzene rings is 2. The smallest absolute Gasteiger partial charge is 0.266 e. The van der Waals surface area contributed by atoms with Crippen LogP contribution in [0.1, 0.15) is 16.7 Å². The van der Waals surface area contributed by atoms with Crippen molar-refractivity contribution in [3.8, 4) is 11.8 Å². The Labute approximate surface area is 136 Å². The Morgan fingerprint density at radius 2 is 1.78 bits per heavy atom. The number of ether oxygens (including phenoxy) is 1. The summed E-state index contributed by atoms with van der Waals surface area (Å²) in [7, 11) is 1.55. The van der Waals surface area contributed by atoms with Crippen LogP contribution in [0.15, 0.2) is 48.0 Å². The van der Waals surface area contributed by atoms with E-state index in [0.717, 1.165) is 16.8 Å². The van der Waals surface area contributed by atoms with Crippen LogP contribution in [0.25, 0.3) is 6.08 Å². The van der Waals surface area contributed by atoms with E-state index in [4.69, 9.17) is 4.74 Å². The van der Waals surface area contributed by atoms with Gasteiger partial charge in [-0.2, -0.15) is 5.26 Å². The van der Waals surface area contributed by atoms with Crippen LogP contribution in [0.4, 0.5) is 5.69 Å². The number of nitrogens with one attached hydrogen (secondary N) is 1. The number of nitrogens with zero attached hydrogens (tertiary/aromatic N) is 1. The highest BCUT2D eigenvalue weighted by Crippen LogP contribution is 2.23. The predicted molar refractivity (Wildman–Crippen MR) is 91.1 cm³/mol. The van der Waals surface area contributed by atoms with Crippen LogP contribution in [0.5, 0.6) is 5.75 Å². The van der Waals surface area contributed by atoms with Gasteiger partial charge in [-0.1, -0.05) is 36.4 Å². The highest BCUT2D eigenvalue weighted by atomic mass is 16.5. The molecule has 2 rings (SSSR count). The molecule has 0 saturated carbocycles. The molecule has 4 heteroatoms. The Morgan fingerprint density at radius 3 is 2.39 bits per heavy atom. The minimum atomic E-state index is -0.434. The Kier molecular flexibility index (Phi) is 5.16. The quantitative estimate of drug-likeness (QED) is 0.689. The van der Waals surface area contributed by atoms with E-state index in [-0.39, 0.29) is 5.57 Å². The van der Waals surface area contributed by atoms with Crippen molar-refractivity contribution in [2.45, 2.75) is 13.8 Å². The lowest BCUT2D eigenvalue weighted by molar-refractivity contribution is -0.112. The standard InChI is InChI=1S/C19H18N2O2/c1-13-7-6-8-14(2)18(13)21-19(22)16(12-20)11-15-9-4-5-10-17(15)23-3/h4-11H,1-3H3,(H,21,22)/b16-11+. The molecule has 0 aliphatic heterocycles. The molecule has 0 bridgehead atoms. The number of nitriles is 1. The van der Waals surface area contributed by atoms with E-state index < -0.39 is 5.91 Å². The second kappa shape index (κ2) is 7.28. The van der Waals surface area contributed by atoms with Crippen molar-refractivity contribution in [1.82, 2.24) is 0 Å². The van der Waals surface area contributed by atoms with Gasteiger partial charge < -0.3 is 10.1 Å². The van der Waals surface area contributed by atoms with E-state index in [1.807, 2.05) is 50.2 Å². The second-order valence-corrected chi connectivity index (χ2v) is 5.13. The number of anilines is 1. The molecule has 0 saturated heterocycles. The van der Waals surface area contributed by atoms with Crippen LogP contribution in [0.2, 0.25) is 0 Å². The maximum Gasteiger partial charge on any atom is 0.266 e. The first kappa shape index (κ1) is 16.3. The van der Waals surface area contributed by atoms with E-state index in [9.17, 15) is 10.1 Å². The molecule has 0 aliphatic carbocycles. The van der Waals surface area contributed by atoms with Crippen molar-refractivity contribution in [3.63, 3.8) is 0 Å². The highest BCUT2D eigenvalue weighted by Gasteiger charge is 2.13. The van der Waals surface area contributed by atoms with Gasteiger partial charge in [-0.15, -0.1) is 0 Å². The van der Waals surface area contributed by atoms with E-state index in [1.165, 1.54) is 6.08 Å². The van der Waals surface area contributed by atoms with Gasteiger partial charge in [0.2, 0.25) is 0 Å². The molecule has 0 fully saturated rings. The molecular weight excluding hydrogens is 288 g/mol. The van der Waals surface area contributed by atoms with Gasteiger partial charge in [0, 0.05) is 11.3 Å². The van der Waals surface area contributed by atoms with Gasteiger partial charge in [-0.05, 0) is 37.1 Å². The minimum Gasteiger partial charge on any atom is -0.496 e. The zero-order chi connectivity index (χ0) is 16.8. The average molecular weight is 306 g/mol. The van der Waals surface area contributed by atoms with E-state index in [2.05, 4.69) is 5.32 Å². The molecule has 116 valence electrons. The van der Waals surface area contributed by atoms with Crippen LogP contribution < -0.4 is 10.1 Å². The van der Waals surface area contributed by atoms with Gasteiger partial charge in [0.15, 0.2) is 0 Å². The van der Waals surface area contributed by atoms with Crippen molar-refractivity contribution in [2.24, 2.45) is 0 Å². The van der Waals surface area contributed by atoms with E-state index in [0.29, 0.717) is 11.3 Å². The molecule has 0 atom stereocenters. The third-order valence-corrected chi connectivity index (χ3v) is 3.52. The Balaban J connectivity index is 2.33. The van der Waals surface area contributed by atoms with Gasteiger partial charge in [0.25, 0.3) is 5.91 Å². The van der Waals surface area contributed by atoms with Crippen LogP contribution in [0.3, 0.4) is 0 Å². The second-order valence-electron chi connectivity index (χ2n) is 5.13. The third kappa shape index (κ3) is 3.78. The zero-order valence-electron chi connectivity index (χ0n) is 13.4. The summed E-state index contributed by atoms with van der Waals surface area (Å²) in [6, 6.07) is 14.9. The topological polar surface area (TPSA) is 62.1 Å². The lowest BCUT2D eigenvalue weighted by Gasteiger charge is -2.11. The fourth-order valence-corrected chi connectivity index (χ4v) is 2.28. The molecule has 0 aromatic heterocycles. The summed E-state index contributed by atoms with van der Waals surface area (Å²) in [6.07, 6.45) is 1.53. The largest absolute Gasteiger partial charge is 0.496 e. The van der Waals surface area contributed by atoms with Gasteiger partial charge in [-0.3, -0.25) is 4.79 Å². The molecule has 1 amide bonds. The fourth-order valence-electron chi connectivity index (χ4n) is 2.28. The maximum atomic E-state index is 12.4. The molecule has 0 spiro atoms. The Bertz CT molecular complexity index is 781. The van der Waals surface area contributed by atoms with Gasteiger partial charge in [0.1, 0.15) is 17.4 Å². The van der Waals surface area contributed by atoms with Gasteiger partial charge >= 0.3 is 0 Å². The van der Waals surface area contributed by atoms with Crippen molar-refractivity contribution in [1.29, 1.82) is 5.26 Å². The number of aryl methyl sites for hydroxylation is 2. The fraction of sp³-hybridized carbons (Fsp3) is 0.158. The van der Waals surface area contributed by atoms with E-state index >= 15 is 0 Å².